The summed E-state index contributed by atoms with van der Waals surface area (Å²) in [5.74, 6) is -0.930. The minimum atomic E-state index is -0.552. The molecule has 0 aromatic heterocycles. The zero-order valence-electron chi connectivity index (χ0n) is 16.1. The molecule has 1 amide bonds. The molecule has 1 heterocycles. The average molecular weight is 415 g/mol. The summed E-state index contributed by atoms with van der Waals surface area (Å²) in [7, 11) is 0. The molecule has 1 saturated heterocycles. The molecule has 6 nitrogen and oxygen atoms in total. The van der Waals surface area contributed by atoms with Gasteiger partial charge in [-0.2, -0.15) is 0 Å². The smallest absolute Gasteiger partial charge is 0.306 e. The maximum Gasteiger partial charge on any atom is 0.306 e. The largest absolute Gasteiger partial charge is 0.456 e. The molecule has 1 aliphatic heterocycles. The Bertz CT molecular complexity index is 847. The van der Waals surface area contributed by atoms with Gasteiger partial charge < -0.3 is 14.5 Å². The Labute approximate surface area is 175 Å². The molecule has 152 valence electrons. The number of esters is 1. The fourth-order valence-electron chi connectivity index (χ4n) is 3.15. The number of halogens is 1. The highest BCUT2D eigenvalue weighted by Gasteiger charge is 2.22. The van der Waals surface area contributed by atoms with Crippen molar-refractivity contribution in [2.24, 2.45) is 0 Å². The first-order valence-electron chi connectivity index (χ1n) is 9.55. The standard InChI is InChI=1S/C22H23ClN2O4/c23-18-8-6-17(7-9-18)20(26)10-11-22(28)29-16-21(27)25-14-12-24(13-15-25)19-4-2-1-3-5-19/h1-9H,10-16H2. The minimum Gasteiger partial charge on any atom is -0.456 e. The van der Waals surface area contributed by atoms with Crippen molar-refractivity contribution in [1.82, 2.24) is 4.90 Å². The molecule has 2 aromatic carbocycles. The van der Waals surface area contributed by atoms with Crippen molar-refractivity contribution in [3.8, 4) is 0 Å². The van der Waals surface area contributed by atoms with Crippen LogP contribution in [-0.4, -0.2) is 55.3 Å². The number of carbonyl (C=O) groups is 3. The van der Waals surface area contributed by atoms with Crippen LogP contribution in [0.15, 0.2) is 54.6 Å². The lowest BCUT2D eigenvalue weighted by atomic mass is 10.1. The number of carbonyl (C=O) groups excluding carboxylic acids is 3. The molecule has 29 heavy (non-hydrogen) atoms. The lowest BCUT2D eigenvalue weighted by Gasteiger charge is -2.36. The predicted molar refractivity (Wildman–Crippen MR) is 111 cm³/mol. The van der Waals surface area contributed by atoms with Gasteiger partial charge in [0.2, 0.25) is 0 Å². The van der Waals surface area contributed by atoms with E-state index < -0.39 is 5.97 Å². The highest BCUT2D eigenvalue weighted by Crippen LogP contribution is 2.16. The Balaban J connectivity index is 1.36. The second-order valence-corrected chi connectivity index (χ2v) is 7.23. The maximum absolute atomic E-state index is 12.3. The molecule has 0 unspecified atom stereocenters. The molecule has 0 N–H and O–H groups in total. The molecular formula is C22H23ClN2O4. The van der Waals surface area contributed by atoms with Gasteiger partial charge in [0.05, 0.1) is 6.42 Å². The molecule has 0 bridgehead atoms. The second kappa shape index (κ2) is 10.1. The summed E-state index contributed by atoms with van der Waals surface area (Å²) in [6.45, 7) is 2.35. The van der Waals surface area contributed by atoms with Crippen LogP contribution in [0.3, 0.4) is 0 Å². The highest BCUT2D eigenvalue weighted by atomic mass is 35.5. The van der Waals surface area contributed by atoms with Gasteiger partial charge in [-0.05, 0) is 36.4 Å². The number of ether oxygens (including phenoxy) is 1. The van der Waals surface area contributed by atoms with Crippen LogP contribution in [0.4, 0.5) is 5.69 Å². The monoisotopic (exact) mass is 414 g/mol. The van der Waals surface area contributed by atoms with E-state index >= 15 is 0 Å². The molecule has 0 aliphatic carbocycles. The molecule has 1 aliphatic rings. The van der Waals surface area contributed by atoms with E-state index in [0.29, 0.717) is 23.7 Å². The van der Waals surface area contributed by atoms with Gasteiger partial charge in [-0.1, -0.05) is 29.8 Å². The van der Waals surface area contributed by atoms with Crippen molar-refractivity contribution in [1.29, 1.82) is 0 Å². The zero-order chi connectivity index (χ0) is 20.6. The van der Waals surface area contributed by atoms with Crippen LogP contribution in [0.1, 0.15) is 23.2 Å². The molecule has 0 saturated carbocycles. The Kier molecular flexibility index (Phi) is 7.25. The lowest BCUT2D eigenvalue weighted by molar-refractivity contribution is -0.152. The van der Waals surface area contributed by atoms with Crippen LogP contribution in [0.2, 0.25) is 5.02 Å². The number of anilines is 1. The fourth-order valence-corrected chi connectivity index (χ4v) is 3.28. The Hall–Kier alpha value is -2.86. The van der Waals surface area contributed by atoms with Gasteiger partial charge >= 0.3 is 5.97 Å². The van der Waals surface area contributed by atoms with Crippen molar-refractivity contribution < 1.29 is 19.1 Å². The van der Waals surface area contributed by atoms with Crippen molar-refractivity contribution in [3.63, 3.8) is 0 Å². The van der Waals surface area contributed by atoms with E-state index in [-0.39, 0.29) is 31.1 Å². The van der Waals surface area contributed by atoms with Crippen LogP contribution in [0.5, 0.6) is 0 Å². The van der Waals surface area contributed by atoms with Crippen LogP contribution in [-0.2, 0) is 14.3 Å². The molecular weight excluding hydrogens is 392 g/mol. The normalized spacial score (nSPS) is 13.8. The van der Waals surface area contributed by atoms with Crippen molar-refractivity contribution in [2.75, 3.05) is 37.7 Å². The molecule has 7 heteroatoms. The third-order valence-electron chi connectivity index (χ3n) is 4.83. The summed E-state index contributed by atoms with van der Waals surface area (Å²) in [6.07, 6.45) is -0.0269. The maximum atomic E-state index is 12.3. The van der Waals surface area contributed by atoms with E-state index in [0.717, 1.165) is 18.8 Å². The Morgan fingerprint density at radius 3 is 2.17 bits per heavy atom. The number of rotatable bonds is 7. The van der Waals surface area contributed by atoms with Crippen LogP contribution in [0.25, 0.3) is 0 Å². The van der Waals surface area contributed by atoms with Crippen LogP contribution < -0.4 is 4.90 Å². The second-order valence-electron chi connectivity index (χ2n) is 6.79. The van der Waals surface area contributed by atoms with Gasteiger partial charge in [0.25, 0.3) is 5.91 Å². The predicted octanol–water partition coefficient (Wildman–Crippen LogP) is 3.19. The van der Waals surface area contributed by atoms with E-state index in [1.54, 1.807) is 29.2 Å². The van der Waals surface area contributed by atoms with E-state index in [2.05, 4.69) is 4.90 Å². The number of amides is 1. The van der Waals surface area contributed by atoms with Gasteiger partial charge in [-0.25, -0.2) is 0 Å². The summed E-state index contributed by atoms with van der Waals surface area (Å²) in [6, 6.07) is 16.5. The van der Waals surface area contributed by atoms with Crippen LogP contribution in [0, 0.1) is 0 Å². The van der Waals surface area contributed by atoms with Crippen LogP contribution >= 0.6 is 11.6 Å². The topological polar surface area (TPSA) is 66.9 Å². The SMILES string of the molecule is O=C(CCC(=O)c1ccc(Cl)cc1)OCC(=O)N1CCN(c2ccccc2)CC1. The van der Waals surface area contributed by atoms with E-state index in [1.807, 2.05) is 30.3 Å². The molecule has 0 radical (unpaired) electrons. The number of hydrogen-bond donors (Lipinski definition) is 0. The molecule has 3 rings (SSSR count). The average Bonchev–Trinajstić information content (AvgIpc) is 2.77. The lowest BCUT2D eigenvalue weighted by Crippen LogP contribution is -2.49. The molecule has 2 aromatic rings. The fraction of sp³-hybridized carbons (Fsp3) is 0.318. The Morgan fingerprint density at radius 2 is 1.52 bits per heavy atom. The summed E-state index contributed by atoms with van der Waals surface area (Å²) in [5, 5.41) is 0.545. The number of piperazine rings is 1. The number of hydrogen-bond acceptors (Lipinski definition) is 5. The summed E-state index contributed by atoms with van der Waals surface area (Å²) < 4.78 is 5.06. The van der Waals surface area contributed by atoms with Crippen molar-refractivity contribution in [2.45, 2.75) is 12.8 Å². The van der Waals surface area contributed by atoms with Gasteiger partial charge in [0, 0.05) is 48.9 Å². The van der Waals surface area contributed by atoms with Gasteiger partial charge in [0.1, 0.15) is 0 Å². The molecule has 0 atom stereocenters. The quantitative estimate of drug-likeness (QED) is 0.514. The number of para-hydroxylation sites is 1. The number of benzene rings is 2. The van der Waals surface area contributed by atoms with Gasteiger partial charge in [0.15, 0.2) is 12.4 Å². The highest BCUT2D eigenvalue weighted by molar-refractivity contribution is 6.30. The molecule has 0 spiro atoms. The van der Waals surface area contributed by atoms with Gasteiger partial charge in [-0.15, -0.1) is 0 Å². The Morgan fingerprint density at radius 1 is 0.862 bits per heavy atom. The third kappa shape index (κ3) is 6.06. The van der Waals surface area contributed by atoms with Crippen molar-refractivity contribution >= 4 is 34.9 Å². The molecule has 1 fully saturated rings. The van der Waals surface area contributed by atoms with E-state index in [4.69, 9.17) is 16.3 Å². The van der Waals surface area contributed by atoms with E-state index in [9.17, 15) is 14.4 Å². The minimum absolute atomic E-state index is 0.0321. The van der Waals surface area contributed by atoms with E-state index in [1.165, 1.54) is 0 Å². The number of Topliss-reactive ketones (excluding diaryl/α,β-unsaturated/α-hetero) is 1. The zero-order valence-corrected chi connectivity index (χ0v) is 16.8. The van der Waals surface area contributed by atoms with Crippen molar-refractivity contribution in [3.05, 3.63) is 65.2 Å². The summed E-state index contributed by atoms with van der Waals surface area (Å²) in [5.41, 5.74) is 1.63. The summed E-state index contributed by atoms with van der Waals surface area (Å²) >= 11 is 5.79. The summed E-state index contributed by atoms with van der Waals surface area (Å²) in [4.78, 5) is 40.2. The van der Waals surface area contributed by atoms with Gasteiger partial charge in [-0.3, -0.25) is 14.4 Å². The first-order valence-corrected chi connectivity index (χ1v) is 9.93. The first kappa shape index (κ1) is 20.9. The third-order valence-corrected chi connectivity index (χ3v) is 5.08. The number of ketones is 1. The number of nitrogens with zero attached hydrogens (tertiary/aromatic N) is 2. The first-order chi connectivity index (χ1) is 14.0.